The van der Waals surface area contributed by atoms with Gasteiger partial charge in [0.25, 0.3) is 0 Å². The molecule has 0 bridgehead atoms. The van der Waals surface area contributed by atoms with E-state index in [1.54, 1.807) is 24.1 Å². The van der Waals surface area contributed by atoms with Crippen LogP contribution in [0.1, 0.15) is 17.7 Å². The molecule has 0 aliphatic heterocycles. The molecule has 0 fully saturated rings. The molecule has 128 valence electrons. The average molecular weight is 336 g/mol. The molecule has 3 rings (SSSR count). The molecule has 6 heteroatoms. The molecule has 25 heavy (non-hydrogen) atoms. The average Bonchev–Trinajstić information content (AvgIpc) is 3.08. The molecular formula is C19H20N4O2. The van der Waals surface area contributed by atoms with E-state index < -0.39 is 0 Å². The van der Waals surface area contributed by atoms with Gasteiger partial charge in [0.2, 0.25) is 5.91 Å². The summed E-state index contributed by atoms with van der Waals surface area (Å²) in [6.45, 7) is 0.572. The van der Waals surface area contributed by atoms with Gasteiger partial charge in [-0.1, -0.05) is 18.2 Å². The van der Waals surface area contributed by atoms with Gasteiger partial charge in [-0.25, -0.2) is 0 Å². The molecule has 0 atom stereocenters. The highest BCUT2D eigenvalue weighted by Gasteiger charge is 2.06. The van der Waals surface area contributed by atoms with Gasteiger partial charge < -0.3 is 10.1 Å². The second-order valence-corrected chi connectivity index (χ2v) is 5.62. The number of benzene rings is 1. The molecule has 0 aliphatic carbocycles. The number of aromatic nitrogens is 3. The zero-order chi connectivity index (χ0) is 17.5. The highest BCUT2D eigenvalue weighted by atomic mass is 16.5. The minimum atomic E-state index is -0.0566. The summed E-state index contributed by atoms with van der Waals surface area (Å²) in [5.41, 5.74) is 2.01. The van der Waals surface area contributed by atoms with Crippen molar-refractivity contribution in [1.29, 1.82) is 0 Å². The summed E-state index contributed by atoms with van der Waals surface area (Å²) in [4.78, 5) is 16.3. The van der Waals surface area contributed by atoms with E-state index in [1.165, 1.54) is 0 Å². The Morgan fingerprint density at radius 1 is 1.16 bits per heavy atom. The van der Waals surface area contributed by atoms with E-state index in [1.807, 2.05) is 48.7 Å². The number of ether oxygens (including phenoxy) is 1. The third-order valence-corrected chi connectivity index (χ3v) is 3.76. The Balaban J connectivity index is 1.49. The number of anilines is 1. The molecule has 0 unspecified atom stereocenters. The monoisotopic (exact) mass is 336 g/mol. The molecule has 0 saturated heterocycles. The first-order valence-electron chi connectivity index (χ1n) is 8.09. The van der Waals surface area contributed by atoms with Crippen molar-refractivity contribution in [2.24, 2.45) is 0 Å². The number of hydrogen-bond acceptors (Lipinski definition) is 4. The number of carbonyl (C=O) groups is 1. The SMILES string of the molecule is COc1ccc(CCC(=O)Nc2ccn(Cc3ccccn3)n2)cc1. The molecule has 1 amide bonds. The fourth-order valence-corrected chi connectivity index (χ4v) is 2.43. The standard InChI is InChI=1S/C19H20N4O2/c1-25-17-8-5-15(6-9-17)7-10-19(24)21-18-11-13-23(22-18)14-16-4-2-3-12-20-16/h2-6,8-9,11-13H,7,10,14H2,1H3,(H,21,22,24). The Labute approximate surface area is 146 Å². The zero-order valence-corrected chi connectivity index (χ0v) is 14.1. The molecular weight excluding hydrogens is 316 g/mol. The number of aryl methyl sites for hydroxylation is 1. The van der Waals surface area contributed by atoms with Crippen LogP contribution < -0.4 is 10.1 Å². The van der Waals surface area contributed by atoms with Crippen molar-refractivity contribution in [1.82, 2.24) is 14.8 Å². The maximum Gasteiger partial charge on any atom is 0.225 e. The summed E-state index contributed by atoms with van der Waals surface area (Å²) in [7, 11) is 1.63. The van der Waals surface area contributed by atoms with E-state index in [0.717, 1.165) is 17.0 Å². The third kappa shape index (κ3) is 4.91. The van der Waals surface area contributed by atoms with Crippen molar-refractivity contribution >= 4 is 11.7 Å². The van der Waals surface area contributed by atoms with Crippen molar-refractivity contribution in [2.45, 2.75) is 19.4 Å². The van der Waals surface area contributed by atoms with Gasteiger partial charge in [-0.05, 0) is 36.2 Å². The molecule has 1 aromatic carbocycles. The number of carbonyl (C=O) groups excluding carboxylic acids is 1. The summed E-state index contributed by atoms with van der Waals surface area (Å²) >= 11 is 0. The van der Waals surface area contributed by atoms with Crippen LogP contribution in [0.5, 0.6) is 5.75 Å². The summed E-state index contributed by atoms with van der Waals surface area (Å²) in [5.74, 6) is 1.31. The van der Waals surface area contributed by atoms with Crippen LogP contribution in [0.2, 0.25) is 0 Å². The number of methoxy groups -OCH3 is 1. The van der Waals surface area contributed by atoms with Crippen LogP contribution >= 0.6 is 0 Å². The smallest absolute Gasteiger partial charge is 0.225 e. The molecule has 0 spiro atoms. The molecule has 2 aromatic heterocycles. The van der Waals surface area contributed by atoms with Gasteiger partial charge in [-0.2, -0.15) is 5.10 Å². The van der Waals surface area contributed by atoms with Gasteiger partial charge in [-0.3, -0.25) is 14.5 Å². The van der Waals surface area contributed by atoms with Gasteiger partial charge in [0.05, 0.1) is 19.3 Å². The number of hydrogen-bond donors (Lipinski definition) is 1. The lowest BCUT2D eigenvalue weighted by Gasteiger charge is -2.04. The second-order valence-electron chi connectivity index (χ2n) is 5.62. The summed E-state index contributed by atoms with van der Waals surface area (Å²) < 4.78 is 6.88. The minimum absolute atomic E-state index is 0.0566. The lowest BCUT2D eigenvalue weighted by Crippen LogP contribution is -2.13. The Morgan fingerprint density at radius 3 is 2.72 bits per heavy atom. The maximum atomic E-state index is 12.1. The predicted molar refractivity (Wildman–Crippen MR) is 95.5 cm³/mol. The maximum absolute atomic E-state index is 12.1. The number of amides is 1. The third-order valence-electron chi connectivity index (χ3n) is 3.76. The summed E-state index contributed by atoms with van der Waals surface area (Å²) in [6, 6.07) is 15.3. The number of nitrogens with one attached hydrogen (secondary N) is 1. The Kier molecular flexibility index (Phi) is 5.41. The Hall–Kier alpha value is -3.15. The van der Waals surface area contributed by atoms with Gasteiger partial charge in [-0.15, -0.1) is 0 Å². The van der Waals surface area contributed by atoms with Crippen LogP contribution in [0.4, 0.5) is 5.82 Å². The largest absolute Gasteiger partial charge is 0.497 e. The topological polar surface area (TPSA) is 69.0 Å². The van der Waals surface area contributed by atoms with E-state index in [9.17, 15) is 4.79 Å². The lowest BCUT2D eigenvalue weighted by atomic mass is 10.1. The molecule has 0 aliphatic rings. The van der Waals surface area contributed by atoms with Crippen LogP contribution in [0.3, 0.4) is 0 Å². The van der Waals surface area contributed by atoms with Gasteiger partial charge in [0, 0.05) is 24.9 Å². The first-order valence-corrected chi connectivity index (χ1v) is 8.09. The van der Waals surface area contributed by atoms with Crippen LogP contribution in [0.15, 0.2) is 60.9 Å². The first-order chi connectivity index (χ1) is 12.2. The number of pyridine rings is 1. The highest BCUT2D eigenvalue weighted by molar-refractivity contribution is 5.89. The molecule has 1 N–H and O–H groups in total. The second kappa shape index (κ2) is 8.10. The first kappa shape index (κ1) is 16.7. The molecule has 3 aromatic rings. The van der Waals surface area contributed by atoms with Crippen molar-refractivity contribution < 1.29 is 9.53 Å². The lowest BCUT2D eigenvalue weighted by molar-refractivity contribution is -0.116. The quantitative estimate of drug-likeness (QED) is 0.720. The van der Waals surface area contributed by atoms with E-state index in [2.05, 4.69) is 15.4 Å². The molecule has 2 heterocycles. The normalized spacial score (nSPS) is 10.4. The number of nitrogens with zero attached hydrogens (tertiary/aromatic N) is 3. The van der Waals surface area contributed by atoms with E-state index in [0.29, 0.717) is 25.2 Å². The minimum Gasteiger partial charge on any atom is -0.497 e. The van der Waals surface area contributed by atoms with Gasteiger partial charge in [0.1, 0.15) is 5.75 Å². The van der Waals surface area contributed by atoms with E-state index in [4.69, 9.17) is 4.74 Å². The Bertz CT molecular complexity index is 813. The van der Waals surface area contributed by atoms with Gasteiger partial charge in [0.15, 0.2) is 5.82 Å². The predicted octanol–water partition coefficient (Wildman–Crippen LogP) is 2.91. The van der Waals surface area contributed by atoms with Crippen LogP contribution in [-0.4, -0.2) is 27.8 Å². The molecule has 0 radical (unpaired) electrons. The fraction of sp³-hybridized carbons (Fsp3) is 0.211. The van der Waals surface area contributed by atoms with Crippen LogP contribution in [0.25, 0.3) is 0 Å². The summed E-state index contributed by atoms with van der Waals surface area (Å²) in [5, 5.41) is 7.18. The van der Waals surface area contributed by atoms with Crippen LogP contribution in [-0.2, 0) is 17.8 Å². The Morgan fingerprint density at radius 2 is 2.00 bits per heavy atom. The van der Waals surface area contributed by atoms with Crippen molar-refractivity contribution in [3.63, 3.8) is 0 Å². The highest BCUT2D eigenvalue weighted by Crippen LogP contribution is 2.13. The van der Waals surface area contributed by atoms with Gasteiger partial charge >= 0.3 is 0 Å². The van der Waals surface area contributed by atoms with Crippen LogP contribution in [0, 0.1) is 0 Å². The zero-order valence-electron chi connectivity index (χ0n) is 14.1. The number of rotatable bonds is 7. The molecule has 6 nitrogen and oxygen atoms in total. The van der Waals surface area contributed by atoms with E-state index in [-0.39, 0.29) is 5.91 Å². The van der Waals surface area contributed by atoms with Crippen molar-refractivity contribution in [3.8, 4) is 5.75 Å². The van der Waals surface area contributed by atoms with E-state index >= 15 is 0 Å². The van der Waals surface area contributed by atoms with Crippen molar-refractivity contribution in [3.05, 3.63) is 72.2 Å². The van der Waals surface area contributed by atoms with Crippen molar-refractivity contribution in [2.75, 3.05) is 12.4 Å². The summed E-state index contributed by atoms with van der Waals surface area (Å²) in [6.07, 6.45) is 4.65. The fourth-order valence-electron chi connectivity index (χ4n) is 2.43. The molecule has 0 saturated carbocycles.